The first kappa shape index (κ1) is 17.2. The first-order valence-electron chi connectivity index (χ1n) is 8.98. The lowest BCUT2D eigenvalue weighted by molar-refractivity contribution is 0.0775. The minimum Gasteiger partial charge on any atom is -0.381 e. The van der Waals surface area contributed by atoms with Crippen LogP contribution in [0.5, 0.6) is 0 Å². The number of hydrogen-bond acceptors (Lipinski definition) is 2. The second kappa shape index (κ2) is 8.46. The van der Waals surface area contributed by atoms with Crippen molar-refractivity contribution >= 4 is 11.6 Å². The van der Waals surface area contributed by atoms with Crippen molar-refractivity contribution in [3.8, 4) is 0 Å². The Morgan fingerprint density at radius 3 is 2.52 bits per heavy atom. The first-order chi connectivity index (χ1) is 11.2. The van der Waals surface area contributed by atoms with Crippen LogP contribution in [0.4, 0.5) is 4.39 Å². The SMILES string of the molecule is Fc1ccc([C@H]2CC[C@@H](CCNC3CCOCC3)CC2)c(Cl)c1. The van der Waals surface area contributed by atoms with Gasteiger partial charge < -0.3 is 10.1 Å². The van der Waals surface area contributed by atoms with E-state index >= 15 is 0 Å². The lowest BCUT2D eigenvalue weighted by Crippen LogP contribution is -2.36. The Morgan fingerprint density at radius 1 is 1.09 bits per heavy atom. The molecule has 1 aromatic carbocycles. The summed E-state index contributed by atoms with van der Waals surface area (Å²) in [7, 11) is 0. The Bertz CT molecular complexity index is 496. The van der Waals surface area contributed by atoms with Crippen LogP contribution < -0.4 is 5.32 Å². The van der Waals surface area contributed by atoms with E-state index in [1.165, 1.54) is 44.2 Å². The molecule has 0 unspecified atom stereocenters. The molecule has 2 aliphatic rings. The average molecular weight is 340 g/mol. The molecule has 3 rings (SSSR count). The van der Waals surface area contributed by atoms with E-state index in [-0.39, 0.29) is 5.82 Å². The lowest BCUT2D eigenvalue weighted by atomic mass is 9.77. The van der Waals surface area contributed by atoms with Crippen molar-refractivity contribution in [1.29, 1.82) is 0 Å². The van der Waals surface area contributed by atoms with E-state index in [0.717, 1.165) is 44.1 Å². The van der Waals surface area contributed by atoms with Crippen LogP contribution in [0.1, 0.15) is 56.4 Å². The standard InChI is InChI=1S/C19H27ClFNO/c20-19-13-16(21)5-6-18(19)15-3-1-14(2-4-15)7-10-22-17-8-11-23-12-9-17/h5-6,13-15,17,22H,1-4,7-12H2/t14-,15+. The summed E-state index contributed by atoms with van der Waals surface area (Å²) in [6, 6.07) is 5.50. The van der Waals surface area contributed by atoms with Crippen LogP contribution in [0.2, 0.25) is 5.02 Å². The summed E-state index contributed by atoms with van der Waals surface area (Å²) >= 11 is 6.21. The summed E-state index contributed by atoms with van der Waals surface area (Å²) in [5, 5.41) is 4.28. The predicted octanol–water partition coefficient (Wildman–Crippen LogP) is 4.91. The van der Waals surface area contributed by atoms with Crippen LogP contribution in [0.15, 0.2) is 18.2 Å². The van der Waals surface area contributed by atoms with Crippen molar-refractivity contribution in [2.45, 2.75) is 56.9 Å². The Labute approximate surface area is 143 Å². The Morgan fingerprint density at radius 2 is 1.83 bits per heavy atom. The molecule has 1 saturated carbocycles. The van der Waals surface area contributed by atoms with Crippen molar-refractivity contribution in [2.75, 3.05) is 19.8 Å². The van der Waals surface area contributed by atoms with Gasteiger partial charge in [-0.15, -0.1) is 0 Å². The van der Waals surface area contributed by atoms with Gasteiger partial charge in [0.25, 0.3) is 0 Å². The van der Waals surface area contributed by atoms with Crippen molar-refractivity contribution in [1.82, 2.24) is 5.32 Å². The molecule has 1 N–H and O–H groups in total. The molecular weight excluding hydrogens is 313 g/mol. The van der Waals surface area contributed by atoms with Gasteiger partial charge in [-0.1, -0.05) is 17.7 Å². The highest BCUT2D eigenvalue weighted by molar-refractivity contribution is 6.31. The Balaban J connectivity index is 1.39. The van der Waals surface area contributed by atoms with Crippen molar-refractivity contribution in [3.63, 3.8) is 0 Å². The summed E-state index contributed by atoms with van der Waals surface area (Å²) in [4.78, 5) is 0. The summed E-state index contributed by atoms with van der Waals surface area (Å²) in [6.07, 6.45) is 8.43. The Kier molecular flexibility index (Phi) is 6.32. The van der Waals surface area contributed by atoms with Crippen LogP contribution in [-0.4, -0.2) is 25.8 Å². The predicted molar refractivity (Wildman–Crippen MR) is 92.6 cm³/mol. The van der Waals surface area contributed by atoms with Gasteiger partial charge in [-0.05, 0) is 81.0 Å². The zero-order valence-electron chi connectivity index (χ0n) is 13.7. The molecule has 1 aliphatic heterocycles. The summed E-state index contributed by atoms with van der Waals surface area (Å²) in [5.41, 5.74) is 1.13. The highest BCUT2D eigenvalue weighted by Gasteiger charge is 2.24. The molecule has 4 heteroatoms. The second-order valence-electron chi connectivity index (χ2n) is 7.01. The monoisotopic (exact) mass is 339 g/mol. The van der Waals surface area contributed by atoms with Gasteiger partial charge in [0.05, 0.1) is 0 Å². The first-order valence-corrected chi connectivity index (χ1v) is 9.36. The molecule has 0 amide bonds. The molecule has 0 aromatic heterocycles. The lowest BCUT2D eigenvalue weighted by Gasteiger charge is -2.30. The van der Waals surface area contributed by atoms with E-state index in [1.807, 2.05) is 6.07 Å². The second-order valence-corrected chi connectivity index (χ2v) is 7.42. The van der Waals surface area contributed by atoms with E-state index in [4.69, 9.17) is 16.3 Å². The Hall–Kier alpha value is -0.640. The topological polar surface area (TPSA) is 21.3 Å². The number of nitrogens with one attached hydrogen (secondary N) is 1. The van der Waals surface area contributed by atoms with Crippen LogP contribution in [-0.2, 0) is 4.74 Å². The van der Waals surface area contributed by atoms with Crippen molar-refractivity contribution in [2.24, 2.45) is 5.92 Å². The van der Waals surface area contributed by atoms with E-state index in [1.54, 1.807) is 0 Å². The third kappa shape index (κ3) is 4.91. The van der Waals surface area contributed by atoms with Gasteiger partial charge in [0.1, 0.15) is 5.82 Å². The van der Waals surface area contributed by atoms with Gasteiger partial charge in [-0.25, -0.2) is 4.39 Å². The number of halogens is 2. The fraction of sp³-hybridized carbons (Fsp3) is 0.684. The minimum atomic E-state index is -0.244. The molecule has 1 heterocycles. The molecule has 23 heavy (non-hydrogen) atoms. The van der Waals surface area contributed by atoms with E-state index < -0.39 is 0 Å². The van der Waals surface area contributed by atoms with Crippen molar-refractivity contribution < 1.29 is 9.13 Å². The number of rotatable bonds is 5. The smallest absolute Gasteiger partial charge is 0.124 e. The summed E-state index contributed by atoms with van der Waals surface area (Å²) < 4.78 is 18.6. The van der Waals surface area contributed by atoms with Crippen LogP contribution in [0, 0.1) is 11.7 Å². The number of ether oxygens (including phenoxy) is 1. The van der Waals surface area contributed by atoms with E-state index in [2.05, 4.69) is 5.32 Å². The minimum absolute atomic E-state index is 0.244. The maximum absolute atomic E-state index is 13.2. The molecule has 0 spiro atoms. The maximum Gasteiger partial charge on any atom is 0.124 e. The molecular formula is C19H27ClFNO. The number of hydrogen-bond donors (Lipinski definition) is 1. The molecule has 2 fully saturated rings. The van der Waals surface area contributed by atoms with Gasteiger partial charge in [0.2, 0.25) is 0 Å². The molecule has 1 saturated heterocycles. The normalized spacial score (nSPS) is 26.3. The zero-order valence-corrected chi connectivity index (χ0v) is 14.5. The highest BCUT2D eigenvalue weighted by atomic mass is 35.5. The zero-order chi connectivity index (χ0) is 16.1. The number of benzene rings is 1. The molecule has 128 valence electrons. The summed E-state index contributed by atoms with van der Waals surface area (Å²) in [6.45, 7) is 2.93. The van der Waals surface area contributed by atoms with Crippen LogP contribution in [0.3, 0.4) is 0 Å². The van der Waals surface area contributed by atoms with Crippen LogP contribution in [0.25, 0.3) is 0 Å². The molecule has 1 aromatic rings. The molecule has 0 radical (unpaired) electrons. The quantitative estimate of drug-likeness (QED) is 0.822. The van der Waals surface area contributed by atoms with E-state index in [9.17, 15) is 4.39 Å². The van der Waals surface area contributed by atoms with Gasteiger partial charge in [0.15, 0.2) is 0 Å². The molecule has 2 nitrogen and oxygen atoms in total. The molecule has 1 aliphatic carbocycles. The molecule has 0 atom stereocenters. The largest absolute Gasteiger partial charge is 0.381 e. The van der Waals surface area contributed by atoms with Gasteiger partial charge in [-0.3, -0.25) is 0 Å². The van der Waals surface area contributed by atoms with Gasteiger partial charge >= 0.3 is 0 Å². The van der Waals surface area contributed by atoms with Gasteiger partial charge in [-0.2, -0.15) is 0 Å². The van der Waals surface area contributed by atoms with E-state index in [0.29, 0.717) is 17.0 Å². The fourth-order valence-electron chi connectivity index (χ4n) is 3.99. The third-order valence-corrected chi connectivity index (χ3v) is 5.78. The van der Waals surface area contributed by atoms with Crippen LogP contribution >= 0.6 is 11.6 Å². The summed E-state index contributed by atoms with van der Waals surface area (Å²) in [5.74, 6) is 1.08. The molecule has 0 bridgehead atoms. The average Bonchev–Trinajstić information content (AvgIpc) is 2.57. The van der Waals surface area contributed by atoms with Crippen molar-refractivity contribution in [3.05, 3.63) is 34.6 Å². The van der Waals surface area contributed by atoms with Gasteiger partial charge in [0, 0.05) is 24.3 Å². The third-order valence-electron chi connectivity index (χ3n) is 5.46. The highest BCUT2D eigenvalue weighted by Crippen LogP contribution is 2.39. The maximum atomic E-state index is 13.2. The fourth-order valence-corrected chi connectivity index (χ4v) is 4.31.